The molecule has 5 heteroatoms. The molecule has 102 valence electrons. The molecule has 1 N–H and O–H groups in total. The number of aromatic carboxylic acids is 1. The lowest BCUT2D eigenvalue weighted by Gasteiger charge is -2.03. The fourth-order valence-corrected chi connectivity index (χ4v) is 2.69. The summed E-state index contributed by atoms with van der Waals surface area (Å²) in [7, 11) is 0. The van der Waals surface area contributed by atoms with Gasteiger partial charge in [0.05, 0.1) is 6.54 Å². The van der Waals surface area contributed by atoms with Gasteiger partial charge in [-0.1, -0.05) is 15.9 Å². The number of hydrogen-bond donors (Lipinski definition) is 1. The number of aryl methyl sites for hydroxylation is 1. The van der Waals surface area contributed by atoms with Crippen molar-refractivity contribution in [3.05, 3.63) is 58.1 Å². The fraction of sp³-hybridized carbons (Fsp3) is 0.133. The van der Waals surface area contributed by atoms with Crippen molar-refractivity contribution in [3.63, 3.8) is 0 Å². The van der Waals surface area contributed by atoms with E-state index in [1.165, 1.54) is 0 Å². The maximum Gasteiger partial charge on any atom is 0.372 e. The van der Waals surface area contributed by atoms with E-state index < -0.39 is 5.97 Å². The summed E-state index contributed by atoms with van der Waals surface area (Å²) in [5, 5.41) is 10.1. The zero-order valence-corrected chi connectivity index (χ0v) is 12.3. The molecule has 0 saturated carbocycles. The summed E-state index contributed by atoms with van der Waals surface area (Å²) in [4.78, 5) is 11.0. The van der Waals surface area contributed by atoms with Crippen LogP contribution in [0.15, 0.2) is 45.4 Å². The Labute approximate surface area is 123 Å². The van der Waals surface area contributed by atoms with Crippen LogP contribution in [0.5, 0.6) is 0 Å². The molecule has 0 unspecified atom stereocenters. The summed E-state index contributed by atoms with van der Waals surface area (Å²) in [6.07, 6.45) is 1.97. The Kier molecular flexibility index (Phi) is 3.14. The second-order valence-electron chi connectivity index (χ2n) is 4.68. The number of nitrogens with zero attached hydrogens (tertiary/aromatic N) is 1. The molecule has 0 radical (unpaired) electrons. The van der Waals surface area contributed by atoms with E-state index in [1.54, 1.807) is 13.0 Å². The standard InChI is InChI=1S/C15H12BrNO3/c1-9-6-12(20-14(9)15(18)19)8-17-5-4-10-7-11(16)2-3-13(10)17/h2-7H,8H2,1H3,(H,18,19). The van der Waals surface area contributed by atoms with Gasteiger partial charge in [-0.2, -0.15) is 0 Å². The molecule has 2 aromatic heterocycles. The summed E-state index contributed by atoms with van der Waals surface area (Å²) in [5.74, 6) is -0.380. The van der Waals surface area contributed by atoms with Gasteiger partial charge in [0.2, 0.25) is 5.76 Å². The highest BCUT2D eigenvalue weighted by molar-refractivity contribution is 9.10. The van der Waals surface area contributed by atoms with Gasteiger partial charge in [0.1, 0.15) is 5.76 Å². The molecule has 0 spiro atoms. The van der Waals surface area contributed by atoms with Crippen molar-refractivity contribution < 1.29 is 14.3 Å². The zero-order valence-electron chi connectivity index (χ0n) is 10.8. The Morgan fingerprint density at radius 3 is 2.85 bits per heavy atom. The first-order chi connectivity index (χ1) is 9.54. The number of rotatable bonds is 3. The molecule has 0 fully saturated rings. The second-order valence-corrected chi connectivity index (χ2v) is 5.59. The summed E-state index contributed by atoms with van der Waals surface area (Å²) >= 11 is 3.44. The minimum Gasteiger partial charge on any atom is -0.475 e. The van der Waals surface area contributed by atoms with Gasteiger partial charge in [0.25, 0.3) is 0 Å². The fourth-order valence-electron chi connectivity index (χ4n) is 2.32. The van der Waals surface area contributed by atoms with Gasteiger partial charge in [-0.15, -0.1) is 0 Å². The third kappa shape index (κ3) is 2.25. The number of carboxylic acids is 1. The van der Waals surface area contributed by atoms with Gasteiger partial charge in [0, 0.05) is 27.1 Å². The van der Waals surface area contributed by atoms with E-state index in [0.717, 1.165) is 15.4 Å². The highest BCUT2D eigenvalue weighted by Gasteiger charge is 2.14. The molecule has 3 aromatic rings. The molecule has 0 atom stereocenters. The van der Waals surface area contributed by atoms with Crippen molar-refractivity contribution in [2.75, 3.05) is 0 Å². The largest absolute Gasteiger partial charge is 0.475 e. The SMILES string of the molecule is Cc1cc(Cn2ccc3cc(Br)ccc32)oc1C(=O)O. The average Bonchev–Trinajstić information content (AvgIpc) is 2.94. The molecule has 1 aromatic carbocycles. The molecule has 0 aliphatic heterocycles. The molecule has 0 bridgehead atoms. The first-order valence-electron chi connectivity index (χ1n) is 6.11. The maximum atomic E-state index is 11.0. The summed E-state index contributed by atoms with van der Waals surface area (Å²) in [5.41, 5.74) is 1.73. The van der Waals surface area contributed by atoms with Crippen LogP contribution in [-0.2, 0) is 6.54 Å². The van der Waals surface area contributed by atoms with Gasteiger partial charge in [-0.25, -0.2) is 4.79 Å². The number of fused-ring (bicyclic) bond motifs is 1. The third-order valence-corrected chi connectivity index (χ3v) is 3.72. The lowest BCUT2D eigenvalue weighted by atomic mass is 10.2. The van der Waals surface area contributed by atoms with Gasteiger partial charge in [-0.3, -0.25) is 0 Å². The van der Waals surface area contributed by atoms with Crippen LogP contribution in [0.1, 0.15) is 21.9 Å². The van der Waals surface area contributed by atoms with Crippen LogP contribution in [0.3, 0.4) is 0 Å². The summed E-state index contributed by atoms with van der Waals surface area (Å²) in [6.45, 7) is 2.25. The average molecular weight is 334 g/mol. The number of furan rings is 1. The van der Waals surface area contributed by atoms with Crippen LogP contribution < -0.4 is 0 Å². The number of carboxylic acid groups (broad SMARTS) is 1. The number of benzene rings is 1. The quantitative estimate of drug-likeness (QED) is 0.786. The zero-order chi connectivity index (χ0) is 14.3. The smallest absolute Gasteiger partial charge is 0.372 e. The Bertz CT molecular complexity index is 801. The highest BCUT2D eigenvalue weighted by Crippen LogP contribution is 2.23. The molecular weight excluding hydrogens is 322 g/mol. The van der Waals surface area contributed by atoms with E-state index >= 15 is 0 Å². The normalized spacial score (nSPS) is 11.1. The number of halogens is 1. The minimum atomic E-state index is -1.03. The van der Waals surface area contributed by atoms with Crippen LogP contribution in [0.4, 0.5) is 0 Å². The van der Waals surface area contributed by atoms with Crippen molar-refractivity contribution in [3.8, 4) is 0 Å². The Morgan fingerprint density at radius 1 is 1.35 bits per heavy atom. The number of carbonyl (C=O) groups is 1. The lowest BCUT2D eigenvalue weighted by Crippen LogP contribution is -1.97. The minimum absolute atomic E-state index is 0.0132. The van der Waals surface area contributed by atoms with Gasteiger partial charge in [0.15, 0.2) is 0 Å². The van der Waals surface area contributed by atoms with Crippen LogP contribution in [0, 0.1) is 6.92 Å². The number of aromatic nitrogens is 1. The van der Waals surface area contributed by atoms with Crippen molar-refractivity contribution in [1.29, 1.82) is 0 Å². The van der Waals surface area contributed by atoms with Gasteiger partial charge >= 0.3 is 5.97 Å². The topological polar surface area (TPSA) is 55.4 Å². The van der Waals surface area contributed by atoms with E-state index in [1.807, 2.05) is 35.0 Å². The Hall–Kier alpha value is -2.01. The molecule has 0 aliphatic rings. The Balaban J connectivity index is 1.97. The van der Waals surface area contributed by atoms with E-state index in [-0.39, 0.29) is 5.76 Å². The van der Waals surface area contributed by atoms with E-state index in [9.17, 15) is 4.79 Å². The summed E-state index contributed by atoms with van der Waals surface area (Å²) in [6, 6.07) is 9.84. The molecule has 0 aliphatic carbocycles. The summed E-state index contributed by atoms with van der Waals surface area (Å²) < 4.78 is 8.46. The monoisotopic (exact) mass is 333 g/mol. The molecule has 0 saturated heterocycles. The lowest BCUT2D eigenvalue weighted by molar-refractivity contribution is 0.0659. The van der Waals surface area contributed by atoms with Crippen LogP contribution in [-0.4, -0.2) is 15.6 Å². The second kappa shape index (κ2) is 4.83. The number of hydrogen-bond acceptors (Lipinski definition) is 2. The van der Waals surface area contributed by atoms with Crippen molar-refractivity contribution in [2.45, 2.75) is 13.5 Å². The Morgan fingerprint density at radius 2 is 2.15 bits per heavy atom. The van der Waals surface area contributed by atoms with Crippen molar-refractivity contribution in [1.82, 2.24) is 4.57 Å². The van der Waals surface area contributed by atoms with Gasteiger partial charge < -0.3 is 14.1 Å². The third-order valence-electron chi connectivity index (χ3n) is 3.22. The predicted octanol–water partition coefficient (Wildman–Crippen LogP) is 4.05. The maximum absolute atomic E-state index is 11.0. The van der Waals surface area contributed by atoms with Crippen LogP contribution >= 0.6 is 15.9 Å². The first-order valence-corrected chi connectivity index (χ1v) is 6.91. The van der Waals surface area contributed by atoms with E-state index in [4.69, 9.17) is 9.52 Å². The van der Waals surface area contributed by atoms with Crippen LogP contribution in [0.25, 0.3) is 10.9 Å². The molecule has 20 heavy (non-hydrogen) atoms. The van der Waals surface area contributed by atoms with Crippen molar-refractivity contribution >= 4 is 32.8 Å². The molecule has 2 heterocycles. The molecular formula is C15H12BrNO3. The molecule has 3 rings (SSSR count). The molecule has 4 nitrogen and oxygen atoms in total. The van der Waals surface area contributed by atoms with E-state index in [2.05, 4.69) is 15.9 Å². The molecule has 0 amide bonds. The van der Waals surface area contributed by atoms with Crippen molar-refractivity contribution in [2.24, 2.45) is 0 Å². The van der Waals surface area contributed by atoms with E-state index in [0.29, 0.717) is 17.9 Å². The van der Waals surface area contributed by atoms with Crippen LogP contribution in [0.2, 0.25) is 0 Å². The predicted molar refractivity (Wildman–Crippen MR) is 79.1 cm³/mol. The highest BCUT2D eigenvalue weighted by atomic mass is 79.9. The van der Waals surface area contributed by atoms with Gasteiger partial charge in [-0.05, 0) is 37.3 Å². The first kappa shape index (κ1) is 13.0.